The van der Waals surface area contributed by atoms with Gasteiger partial charge in [-0.1, -0.05) is 30.3 Å². The molecule has 0 aliphatic carbocycles. The quantitative estimate of drug-likeness (QED) is 0.739. The summed E-state index contributed by atoms with van der Waals surface area (Å²) in [6.45, 7) is -0.564. The van der Waals surface area contributed by atoms with E-state index in [9.17, 15) is 22.4 Å². The molecule has 0 bridgehead atoms. The van der Waals surface area contributed by atoms with E-state index in [-0.39, 0.29) is 23.6 Å². The minimum atomic E-state index is -4.83. The maximum atomic E-state index is 13.4. The number of carbonyl (C=O) groups is 1. The number of amides is 1. The highest BCUT2D eigenvalue weighted by molar-refractivity contribution is 5.77. The van der Waals surface area contributed by atoms with Crippen LogP contribution in [-0.4, -0.2) is 30.8 Å². The Hall–Kier alpha value is -2.77. The lowest BCUT2D eigenvalue weighted by Gasteiger charge is -2.20. The molecule has 0 aliphatic heterocycles. The average Bonchev–Trinajstić information content (AvgIpc) is 2.54. The predicted molar refractivity (Wildman–Crippen MR) is 81.5 cm³/mol. The molecule has 4 nitrogen and oxygen atoms in total. The van der Waals surface area contributed by atoms with Crippen molar-refractivity contribution in [2.24, 2.45) is 0 Å². The first-order valence-electron chi connectivity index (χ1n) is 7.21. The molecule has 1 amide bonds. The van der Waals surface area contributed by atoms with Crippen LogP contribution in [0.25, 0.3) is 0 Å². The Balaban J connectivity index is 1.98. The summed E-state index contributed by atoms with van der Waals surface area (Å²) in [5, 5.41) is 0. The third-order valence-electron chi connectivity index (χ3n) is 3.22. The maximum absolute atomic E-state index is 13.4. The number of para-hydroxylation sites is 2. The molecule has 0 heterocycles. The summed E-state index contributed by atoms with van der Waals surface area (Å²) in [5.74, 6) is -1.60. The molecule has 0 spiro atoms. The summed E-state index contributed by atoms with van der Waals surface area (Å²) in [6, 6.07) is 11.1. The number of hydrogen-bond donors (Lipinski definition) is 0. The van der Waals surface area contributed by atoms with Crippen molar-refractivity contribution in [3.05, 3.63) is 59.9 Å². The van der Waals surface area contributed by atoms with E-state index in [0.29, 0.717) is 0 Å². The van der Waals surface area contributed by atoms with Crippen LogP contribution in [0.4, 0.5) is 17.6 Å². The van der Waals surface area contributed by atoms with Crippen molar-refractivity contribution in [1.29, 1.82) is 0 Å². The van der Waals surface area contributed by atoms with Crippen LogP contribution in [0.15, 0.2) is 48.5 Å². The Morgan fingerprint density at radius 2 is 1.64 bits per heavy atom. The second-order valence-electron chi connectivity index (χ2n) is 5.12. The third kappa shape index (κ3) is 5.66. The summed E-state index contributed by atoms with van der Waals surface area (Å²) >= 11 is 0. The lowest BCUT2D eigenvalue weighted by molar-refractivity contribution is -0.275. The predicted octanol–water partition coefficient (Wildman–Crippen LogP) is 3.76. The van der Waals surface area contributed by atoms with Gasteiger partial charge in [-0.3, -0.25) is 4.79 Å². The fourth-order valence-electron chi connectivity index (χ4n) is 2.01. The number of ether oxygens (including phenoxy) is 2. The van der Waals surface area contributed by atoms with Crippen LogP contribution in [0.1, 0.15) is 5.56 Å². The normalized spacial score (nSPS) is 11.1. The molecule has 134 valence electrons. The molecule has 0 fully saturated rings. The van der Waals surface area contributed by atoms with Crippen LogP contribution in [0.3, 0.4) is 0 Å². The topological polar surface area (TPSA) is 38.8 Å². The van der Waals surface area contributed by atoms with Gasteiger partial charge < -0.3 is 14.4 Å². The van der Waals surface area contributed by atoms with Crippen molar-refractivity contribution in [2.75, 3.05) is 13.7 Å². The molecule has 2 aromatic rings. The second kappa shape index (κ2) is 7.87. The molecule has 0 aliphatic rings. The van der Waals surface area contributed by atoms with Crippen LogP contribution in [-0.2, 0) is 11.3 Å². The van der Waals surface area contributed by atoms with Crippen molar-refractivity contribution in [3.63, 3.8) is 0 Å². The highest BCUT2D eigenvalue weighted by Gasteiger charge is 2.32. The largest absolute Gasteiger partial charge is 0.573 e. The zero-order valence-electron chi connectivity index (χ0n) is 13.2. The highest BCUT2D eigenvalue weighted by Crippen LogP contribution is 2.27. The molecule has 2 rings (SSSR count). The summed E-state index contributed by atoms with van der Waals surface area (Å²) in [4.78, 5) is 13.2. The SMILES string of the molecule is CN(Cc1ccccc1OC(F)(F)F)C(=O)COc1ccccc1F. The van der Waals surface area contributed by atoms with E-state index in [4.69, 9.17) is 4.74 Å². The van der Waals surface area contributed by atoms with Gasteiger partial charge in [0.15, 0.2) is 18.2 Å². The first-order chi connectivity index (χ1) is 11.8. The van der Waals surface area contributed by atoms with E-state index >= 15 is 0 Å². The number of hydrogen-bond acceptors (Lipinski definition) is 3. The third-order valence-corrected chi connectivity index (χ3v) is 3.22. The van der Waals surface area contributed by atoms with Gasteiger partial charge in [0.25, 0.3) is 5.91 Å². The number of nitrogens with zero attached hydrogens (tertiary/aromatic N) is 1. The summed E-state index contributed by atoms with van der Waals surface area (Å²) in [6.07, 6.45) is -4.83. The molecule has 2 aromatic carbocycles. The van der Waals surface area contributed by atoms with Gasteiger partial charge in [-0.2, -0.15) is 0 Å². The van der Waals surface area contributed by atoms with Gasteiger partial charge in [0.05, 0.1) is 0 Å². The molecule has 0 radical (unpaired) electrons. The van der Waals surface area contributed by atoms with Gasteiger partial charge in [-0.25, -0.2) is 4.39 Å². The van der Waals surface area contributed by atoms with Crippen molar-refractivity contribution in [3.8, 4) is 11.5 Å². The number of carbonyl (C=O) groups excluding carboxylic acids is 1. The van der Waals surface area contributed by atoms with Gasteiger partial charge >= 0.3 is 6.36 Å². The van der Waals surface area contributed by atoms with Crippen molar-refractivity contribution in [1.82, 2.24) is 4.90 Å². The average molecular weight is 357 g/mol. The number of benzene rings is 2. The highest BCUT2D eigenvalue weighted by atomic mass is 19.4. The molecule has 0 saturated carbocycles. The second-order valence-corrected chi connectivity index (χ2v) is 5.12. The van der Waals surface area contributed by atoms with Crippen LogP contribution in [0.2, 0.25) is 0 Å². The van der Waals surface area contributed by atoms with Crippen LogP contribution in [0.5, 0.6) is 11.5 Å². The standard InChI is InChI=1S/C17H15F4NO3/c1-22(16(23)11-24-15-9-5-3-7-13(15)18)10-12-6-2-4-8-14(12)25-17(19,20)21/h2-9H,10-11H2,1H3. The molecule has 0 unspecified atom stereocenters. The first kappa shape index (κ1) is 18.6. The molecule has 0 saturated heterocycles. The Morgan fingerprint density at radius 3 is 2.28 bits per heavy atom. The molecule has 8 heteroatoms. The van der Waals surface area contributed by atoms with E-state index in [0.717, 1.165) is 6.07 Å². The fourth-order valence-corrected chi connectivity index (χ4v) is 2.01. The monoisotopic (exact) mass is 357 g/mol. The minimum Gasteiger partial charge on any atom is -0.481 e. The van der Waals surface area contributed by atoms with Gasteiger partial charge in [-0.15, -0.1) is 13.2 Å². The summed E-state index contributed by atoms with van der Waals surface area (Å²) in [7, 11) is 1.40. The summed E-state index contributed by atoms with van der Waals surface area (Å²) in [5.41, 5.74) is 0.182. The lowest BCUT2D eigenvalue weighted by atomic mass is 10.2. The van der Waals surface area contributed by atoms with Gasteiger partial charge in [-0.05, 0) is 18.2 Å². The Labute approximate surface area is 141 Å². The zero-order valence-corrected chi connectivity index (χ0v) is 13.2. The Bertz CT molecular complexity index is 734. The molecule has 25 heavy (non-hydrogen) atoms. The molecule has 0 N–H and O–H groups in total. The van der Waals surface area contributed by atoms with Crippen molar-refractivity contribution < 1.29 is 31.8 Å². The van der Waals surface area contributed by atoms with Crippen LogP contribution in [0, 0.1) is 5.82 Å². The summed E-state index contributed by atoms with van der Waals surface area (Å²) < 4.78 is 59.7. The van der Waals surface area contributed by atoms with Crippen LogP contribution >= 0.6 is 0 Å². The molecular formula is C17H15F4NO3. The molecule has 0 atom stereocenters. The van der Waals surface area contributed by atoms with Crippen molar-refractivity contribution >= 4 is 5.91 Å². The van der Waals surface area contributed by atoms with Gasteiger partial charge in [0.1, 0.15) is 5.75 Å². The zero-order chi connectivity index (χ0) is 18.4. The van der Waals surface area contributed by atoms with E-state index in [1.807, 2.05) is 0 Å². The van der Waals surface area contributed by atoms with Crippen molar-refractivity contribution in [2.45, 2.75) is 12.9 Å². The Morgan fingerprint density at radius 1 is 1.04 bits per heavy atom. The molecular weight excluding hydrogens is 342 g/mol. The molecule has 0 aromatic heterocycles. The van der Waals surface area contributed by atoms with Gasteiger partial charge in [0.2, 0.25) is 0 Å². The number of halogens is 4. The fraction of sp³-hybridized carbons (Fsp3) is 0.235. The number of likely N-dealkylation sites (N-methyl/N-ethyl adjacent to an activating group) is 1. The maximum Gasteiger partial charge on any atom is 0.573 e. The van der Waals surface area contributed by atoms with Gasteiger partial charge in [0, 0.05) is 19.2 Å². The Kier molecular flexibility index (Phi) is 5.84. The lowest BCUT2D eigenvalue weighted by Crippen LogP contribution is -2.31. The van der Waals surface area contributed by atoms with E-state index in [1.54, 1.807) is 6.07 Å². The van der Waals surface area contributed by atoms with Crippen LogP contribution < -0.4 is 9.47 Å². The van der Waals surface area contributed by atoms with E-state index in [2.05, 4.69) is 4.74 Å². The number of rotatable bonds is 6. The number of alkyl halides is 3. The minimum absolute atomic E-state index is 0.0787. The van der Waals surface area contributed by atoms with E-state index < -0.39 is 24.7 Å². The smallest absolute Gasteiger partial charge is 0.481 e. The van der Waals surface area contributed by atoms with E-state index in [1.165, 1.54) is 48.3 Å². The first-order valence-corrected chi connectivity index (χ1v) is 7.21.